The van der Waals surface area contributed by atoms with Gasteiger partial charge in [-0.3, -0.25) is 13.8 Å². The van der Waals surface area contributed by atoms with Crippen molar-refractivity contribution < 1.29 is 32.8 Å². The molecule has 9 heteroatoms. The number of hydrogen-bond acceptors (Lipinski definition) is 7. The minimum atomic E-state index is -4.30. The van der Waals surface area contributed by atoms with Gasteiger partial charge in [-0.15, -0.1) is 0 Å². The normalized spacial score (nSPS) is 14.2. The fourth-order valence-corrected chi connectivity index (χ4v) is 6.72. The smallest absolute Gasteiger partial charge is 0.457 e. The average molecular weight is 832 g/mol. The van der Waals surface area contributed by atoms with E-state index >= 15 is 0 Å². The number of esters is 1. The van der Waals surface area contributed by atoms with E-state index in [1.807, 2.05) is 12.2 Å². The number of rotatable bonds is 43. The zero-order valence-corrected chi connectivity index (χ0v) is 37.9. The Kier molecular flexibility index (Phi) is 43.9. The van der Waals surface area contributed by atoms with E-state index in [2.05, 4.69) is 86.8 Å². The molecule has 2 unspecified atom stereocenters. The molecule has 0 aromatic rings. The van der Waals surface area contributed by atoms with Gasteiger partial charge in [-0.2, -0.15) is 0 Å². The molecule has 334 valence electrons. The Balaban J connectivity index is 4.00. The maximum absolute atomic E-state index is 12.5. The first-order valence-electron chi connectivity index (χ1n) is 23.1. The topological polar surface area (TPSA) is 117 Å². The summed E-state index contributed by atoms with van der Waals surface area (Å²) in [7, 11) is -4.30. The van der Waals surface area contributed by atoms with Crippen molar-refractivity contribution >= 4 is 13.8 Å². The van der Waals surface area contributed by atoms with E-state index in [0.717, 1.165) is 51.4 Å². The molecule has 0 spiro atoms. The summed E-state index contributed by atoms with van der Waals surface area (Å²) in [5.74, 6) is -0.413. The molecule has 0 amide bonds. The van der Waals surface area contributed by atoms with E-state index in [9.17, 15) is 14.3 Å². The van der Waals surface area contributed by atoms with Crippen LogP contribution in [0.1, 0.15) is 181 Å². The summed E-state index contributed by atoms with van der Waals surface area (Å²) >= 11 is 0. The molecule has 8 nitrogen and oxygen atoms in total. The van der Waals surface area contributed by atoms with E-state index in [1.165, 1.54) is 103 Å². The number of phosphoric ester groups is 1. The van der Waals surface area contributed by atoms with Crippen molar-refractivity contribution in [3.63, 3.8) is 0 Å². The highest BCUT2D eigenvalue weighted by Crippen LogP contribution is 2.43. The summed E-state index contributed by atoms with van der Waals surface area (Å²) in [4.78, 5) is 22.4. The van der Waals surface area contributed by atoms with Crippen LogP contribution >= 0.6 is 7.82 Å². The Morgan fingerprint density at radius 3 is 1.45 bits per heavy atom. The van der Waals surface area contributed by atoms with E-state index in [1.54, 1.807) is 0 Å². The lowest BCUT2D eigenvalue weighted by Gasteiger charge is -2.20. The average Bonchev–Trinajstić information content (AvgIpc) is 3.21. The Labute approximate surface area is 356 Å². The van der Waals surface area contributed by atoms with Gasteiger partial charge in [0.15, 0.2) is 0 Å². The SMILES string of the molecule is CC/C=C\C/C=C\C/C=C\C/C=C\CCC(=O)OC(COCCCCCCCCCCCCC/C=C\C/C=C\C/C=C\CCCCCCC)COP(=O)(O)OCCN. The number of unbranched alkanes of at least 4 members (excludes halogenated alkanes) is 16. The zero-order chi connectivity index (χ0) is 42.3. The molecule has 2 atom stereocenters. The van der Waals surface area contributed by atoms with Crippen molar-refractivity contribution in [2.75, 3.05) is 33.0 Å². The predicted octanol–water partition coefficient (Wildman–Crippen LogP) is 14.1. The fourth-order valence-electron chi connectivity index (χ4n) is 5.96. The monoisotopic (exact) mass is 832 g/mol. The van der Waals surface area contributed by atoms with Gasteiger partial charge in [-0.1, -0.05) is 182 Å². The summed E-state index contributed by atoms with van der Waals surface area (Å²) in [6, 6.07) is 0. The van der Waals surface area contributed by atoms with Crippen LogP contribution in [0.25, 0.3) is 0 Å². The van der Waals surface area contributed by atoms with Crippen LogP contribution in [0.4, 0.5) is 0 Å². The third kappa shape index (κ3) is 44.8. The minimum absolute atomic E-state index is 0.0810. The Bertz CT molecular complexity index is 1160. The molecular weight excluding hydrogens is 746 g/mol. The molecule has 0 heterocycles. The molecule has 58 heavy (non-hydrogen) atoms. The molecule has 0 aliphatic heterocycles. The lowest BCUT2D eigenvalue weighted by molar-refractivity contribution is -0.154. The quantitative estimate of drug-likeness (QED) is 0.0270. The number of carbonyl (C=O) groups is 1. The molecule has 0 aliphatic rings. The zero-order valence-electron chi connectivity index (χ0n) is 37.0. The molecule has 0 aromatic heterocycles. The fraction of sp³-hybridized carbons (Fsp3) is 0.694. The van der Waals surface area contributed by atoms with Crippen molar-refractivity contribution in [1.29, 1.82) is 0 Å². The Morgan fingerprint density at radius 2 is 0.966 bits per heavy atom. The molecule has 0 fully saturated rings. The van der Waals surface area contributed by atoms with Crippen LogP contribution < -0.4 is 5.73 Å². The van der Waals surface area contributed by atoms with E-state index in [4.69, 9.17) is 24.3 Å². The van der Waals surface area contributed by atoms with Crippen molar-refractivity contribution in [1.82, 2.24) is 0 Å². The van der Waals surface area contributed by atoms with E-state index in [0.29, 0.717) is 13.0 Å². The lowest BCUT2D eigenvalue weighted by atomic mass is 10.1. The van der Waals surface area contributed by atoms with Gasteiger partial charge in [0.05, 0.1) is 19.8 Å². The van der Waals surface area contributed by atoms with Crippen LogP contribution in [0.5, 0.6) is 0 Å². The molecule has 0 radical (unpaired) electrons. The van der Waals surface area contributed by atoms with E-state index < -0.39 is 19.9 Å². The number of allylic oxidation sites excluding steroid dienone is 14. The van der Waals surface area contributed by atoms with Gasteiger partial charge in [0.1, 0.15) is 6.10 Å². The van der Waals surface area contributed by atoms with Gasteiger partial charge in [0, 0.05) is 19.6 Å². The number of nitrogens with two attached hydrogens (primary N) is 1. The van der Waals surface area contributed by atoms with Crippen LogP contribution in [0.15, 0.2) is 85.1 Å². The number of hydrogen-bond donors (Lipinski definition) is 2. The molecular formula is C49H86NO7P. The molecule has 0 aromatic carbocycles. The predicted molar refractivity (Wildman–Crippen MR) is 247 cm³/mol. The largest absolute Gasteiger partial charge is 0.472 e. The first-order valence-corrected chi connectivity index (χ1v) is 24.6. The third-order valence-corrected chi connectivity index (χ3v) is 10.3. The number of ether oxygens (including phenoxy) is 2. The summed E-state index contributed by atoms with van der Waals surface area (Å²) in [6.45, 7) is 4.67. The standard InChI is InChI=1S/C49H86NO7P/c1-3-5-7-9-11-13-15-17-18-19-20-21-22-23-24-25-26-27-28-29-31-33-35-37-39-41-44-54-46-48(47-56-58(52,53)55-45-43-50)57-49(51)42-40-38-36-34-32-30-16-14-12-10-8-6-4-2/h6,8,12,14-15,17,19-20,22-23,30,32,36,38,48H,3-5,7,9-11,13,16,18,21,24-29,31,33-35,37,39-47,50H2,1-2H3,(H,52,53)/b8-6-,14-12-,17-15-,20-19-,23-22-,32-30-,38-36-. The van der Waals surface area contributed by atoms with Crippen molar-refractivity contribution in [2.45, 2.75) is 187 Å². The summed E-state index contributed by atoms with van der Waals surface area (Å²) < 4.78 is 33.3. The van der Waals surface area contributed by atoms with Crippen molar-refractivity contribution in [3.8, 4) is 0 Å². The van der Waals surface area contributed by atoms with Crippen LogP contribution in [0.2, 0.25) is 0 Å². The first-order chi connectivity index (χ1) is 28.4. The molecule has 0 saturated heterocycles. The molecule has 0 saturated carbocycles. The highest BCUT2D eigenvalue weighted by atomic mass is 31.2. The highest BCUT2D eigenvalue weighted by molar-refractivity contribution is 7.47. The van der Waals surface area contributed by atoms with Crippen LogP contribution in [-0.2, 0) is 27.9 Å². The van der Waals surface area contributed by atoms with Crippen molar-refractivity contribution in [3.05, 3.63) is 85.1 Å². The molecule has 3 N–H and O–H groups in total. The summed E-state index contributed by atoms with van der Waals surface area (Å²) in [5, 5.41) is 0. The Hall–Kier alpha value is -2.32. The number of carbonyl (C=O) groups excluding carboxylic acids is 1. The lowest BCUT2D eigenvalue weighted by Crippen LogP contribution is -2.28. The van der Waals surface area contributed by atoms with Gasteiger partial charge in [-0.05, 0) is 77.0 Å². The van der Waals surface area contributed by atoms with Crippen LogP contribution in [-0.4, -0.2) is 49.9 Å². The second kappa shape index (κ2) is 45.8. The molecule has 0 rings (SSSR count). The maximum Gasteiger partial charge on any atom is 0.472 e. The third-order valence-electron chi connectivity index (χ3n) is 9.31. The number of phosphoric acid groups is 1. The maximum atomic E-state index is 12.5. The minimum Gasteiger partial charge on any atom is -0.457 e. The summed E-state index contributed by atoms with van der Waals surface area (Å²) in [6.07, 6.45) is 59.2. The highest BCUT2D eigenvalue weighted by Gasteiger charge is 2.25. The second-order valence-electron chi connectivity index (χ2n) is 14.9. The molecule has 0 aliphatic carbocycles. The second-order valence-corrected chi connectivity index (χ2v) is 16.3. The van der Waals surface area contributed by atoms with E-state index in [-0.39, 0.29) is 32.8 Å². The van der Waals surface area contributed by atoms with Gasteiger partial charge in [0.25, 0.3) is 0 Å². The van der Waals surface area contributed by atoms with Gasteiger partial charge in [-0.25, -0.2) is 4.57 Å². The van der Waals surface area contributed by atoms with Gasteiger partial charge < -0.3 is 20.1 Å². The van der Waals surface area contributed by atoms with Crippen LogP contribution in [0.3, 0.4) is 0 Å². The van der Waals surface area contributed by atoms with Gasteiger partial charge >= 0.3 is 13.8 Å². The van der Waals surface area contributed by atoms with Crippen molar-refractivity contribution in [2.24, 2.45) is 5.73 Å². The van der Waals surface area contributed by atoms with Gasteiger partial charge in [0.2, 0.25) is 0 Å². The van der Waals surface area contributed by atoms with Crippen LogP contribution in [0, 0.1) is 0 Å². The summed E-state index contributed by atoms with van der Waals surface area (Å²) in [5.41, 5.74) is 5.36. The molecule has 0 bridgehead atoms. The Morgan fingerprint density at radius 1 is 0.534 bits per heavy atom. The first kappa shape index (κ1) is 55.7.